The van der Waals surface area contributed by atoms with Crippen molar-refractivity contribution in [3.63, 3.8) is 0 Å². The van der Waals surface area contributed by atoms with Crippen molar-refractivity contribution in [2.24, 2.45) is 0 Å². The smallest absolute Gasteiger partial charge is 0.262 e. The normalized spacial score (nSPS) is 13.2. The highest BCUT2D eigenvalue weighted by molar-refractivity contribution is 7.09. The summed E-state index contributed by atoms with van der Waals surface area (Å²) < 4.78 is 5.01. The molecule has 8 heteroatoms. The molecule has 1 aliphatic rings. The second kappa shape index (κ2) is 7.54. The summed E-state index contributed by atoms with van der Waals surface area (Å²) in [7, 11) is 1.61. The number of fused-ring (bicyclic) bond motifs is 1. The van der Waals surface area contributed by atoms with E-state index in [0.717, 1.165) is 15.6 Å². The molecular formula is C17H17N3O4S. The Morgan fingerprint density at radius 2 is 1.92 bits per heavy atom. The molecular weight excluding hydrogens is 342 g/mol. The van der Waals surface area contributed by atoms with Gasteiger partial charge in [0.25, 0.3) is 11.8 Å². The van der Waals surface area contributed by atoms with Gasteiger partial charge in [-0.1, -0.05) is 12.1 Å². The number of methoxy groups -OCH3 is 1. The lowest BCUT2D eigenvalue weighted by Crippen LogP contribution is -2.40. The highest BCUT2D eigenvalue weighted by Crippen LogP contribution is 2.21. The molecule has 1 aliphatic heterocycles. The van der Waals surface area contributed by atoms with E-state index in [2.05, 4.69) is 10.3 Å². The number of thiazole rings is 1. The minimum atomic E-state index is -0.431. The Hall–Kier alpha value is -2.58. The zero-order chi connectivity index (χ0) is 17.8. The molecule has 0 spiro atoms. The summed E-state index contributed by atoms with van der Waals surface area (Å²) in [6, 6.07) is 6.57. The lowest BCUT2D eigenvalue weighted by atomic mass is 10.1. The first-order chi connectivity index (χ1) is 12.1. The number of carbonyl (C=O) groups is 3. The third kappa shape index (κ3) is 3.75. The van der Waals surface area contributed by atoms with Gasteiger partial charge >= 0.3 is 0 Å². The minimum absolute atomic E-state index is 0.279. The molecule has 0 bridgehead atoms. The first kappa shape index (κ1) is 17.2. The molecule has 130 valence electrons. The van der Waals surface area contributed by atoms with Crippen LogP contribution in [0.4, 0.5) is 0 Å². The standard InChI is InChI=1S/C17H17N3O4S/c1-24-9-15-19-11(10-25-15)6-7-18-14(21)8-20-16(22)12-4-2-3-5-13(12)17(20)23/h2-5,10H,6-9H2,1H3,(H,18,21). The molecule has 25 heavy (non-hydrogen) atoms. The van der Waals surface area contributed by atoms with Crippen LogP contribution in [0.1, 0.15) is 31.4 Å². The van der Waals surface area contributed by atoms with Crippen LogP contribution in [-0.4, -0.2) is 47.8 Å². The third-order valence-corrected chi connectivity index (χ3v) is 4.62. The maximum absolute atomic E-state index is 12.2. The van der Waals surface area contributed by atoms with Crippen LogP contribution in [0.15, 0.2) is 29.6 Å². The van der Waals surface area contributed by atoms with Crippen molar-refractivity contribution in [3.05, 3.63) is 51.5 Å². The van der Waals surface area contributed by atoms with Gasteiger partial charge < -0.3 is 10.1 Å². The average Bonchev–Trinajstić information content (AvgIpc) is 3.14. The molecule has 2 heterocycles. The maximum atomic E-state index is 12.2. The lowest BCUT2D eigenvalue weighted by molar-refractivity contribution is -0.121. The second-order valence-corrected chi connectivity index (χ2v) is 6.45. The van der Waals surface area contributed by atoms with Crippen molar-refractivity contribution < 1.29 is 19.1 Å². The summed E-state index contributed by atoms with van der Waals surface area (Å²) in [5, 5.41) is 5.52. The van der Waals surface area contributed by atoms with Gasteiger partial charge in [0, 0.05) is 25.5 Å². The molecule has 0 aliphatic carbocycles. The quantitative estimate of drug-likeness (QED) is 0.752. The number of rotatable bonds is 7. The molecule has 2 aromatic rings. The zero-order valence-electron chi connectivity index (χ0n) is 13.7. The first-order valence-corrected chi connectivity index (χ1v) is 8.62. The van der Waals surface area contributed by atoms with Gasteiger partial charge in [-0.25, -0.2) is 4.98 Å². The molecule has 1 N–H and O–H groups in total. The number of imide groups is 1. The average molecular weight is 359 g/mol. The highest BCUT2D eigenvalue weighted by Gasteiger charge is 2.36. The monoisotopic (exact) mass is 359 g/mol. The zero-order valence-corrected chi connectivity index (χ0v) is 14.5. The number of hydrogen-bond donors (Lipinski definition) is 1. The number of benzene rings is 1. The third-order valence-electron chi connectivity index (χ3n) is 3.75. The van der Waals surface area contributed by atoms with Gasteiger partial charge in [0.1, 0.15) is 11.6 Å². The number of aromatic nitrogens is 1. The fourth-order valence-electron chi connectivity index (χ4n) is 2.57. The van der Waals surface area contributed by atoms with Crippen molar-refractivity contribution >= 4 is 29.1 Å². The van der Waals surface area contributed by atoms with Crippen LogP contribution in [0.2, 0.25) is 0 Å². The Morgan fingerprint density at radius 1 is 1.24 bits per heavy atom. The van der Waals surface area contributed by atoms with Gasteiger partial charge in [-0.05, 0) is 12.1 Å². The summed E-state index contributed by atoms with van der Waals surface area (Å²) in [5.74, 6) is -1.24. The summed E-state index contributed by atoms with van der Waals surface area (Å²) in [6.45, 7) is 0.577. The summed E-state index contributed by atoms with van der Waals surface area (Å²) >= 11 is 1.51. The molecule has 1 aromatic heterocycles. The highest BCUT2D eigenvalue weighted by atomic mass is 32.1. The van der Waals surface area contributed by atoms with Crippen LogP contribution in [0.5, 0.6) is 0 Å². The van der Waals surface area contributed by atoms with Gasteiger partial charge in [0.05, 0.1) is 23.4 Å². The van der Waals surface area contributed by atoms with E-state index in [1.807, 2.05) is 5.38 Å². The predicted octanol–water partition coefficient (Wildman–Crippen LogP) is 1.24. The molecule has 0 unspecified atom stereocenters. The fourth-order valence-corrected chi connectivity index (χ4v) is 3.36. The van der Waals surface area contributed by atoms with E-state index < -0.39 is 11.8 Å². The summed E-state index contributed by atoms with van der Waals surface area (Å²) in [4.78, 5) is 41.8. The van der Waals surface area contributed by atoms with Crippen LogP contribution in [0.3, 0.4) is 0 Å². The van der Waals surface area contributed by atoms with Crippen molar-refractivity contribution in [1.82, 2.24) is 15.2 Å². The van der Waals surface area contributed by atoms with Crippen molar-refractivity contribution in [2.75, 3.05) is 20.2 Å². The van der Waals surface area contributed by atoms with Gasteiger partial charge in [-0.3, -0.25) is 19.3 Å². The Bertz CT molecular complexity index is 783. The molecule has 0 atom stereocenters. The number of hydrogen-bond acceptors (Lipinski definition) is 6. The van der Waals surface area contributed by atoms with Crippen LogP contribution >= 0.6 is 11.3 Å². The fraction of sp³-hybridized carbons (Fsp3) is 0.294. The van der Waals surface area contributed by atoms with Crippen LogP contribution < -0.4 is 5.32 Å². The van der Waals surface area contributed by atoms with Crippen molar-refractivity contribution in [2.45, 2.75) is 13.0 Å². The SMILES string of the molecule is COCc1nc(CCNC(=O)CN2C(=O)c3ccccc3C2=O)cs1. The van der Waals surface area contributed by atoms with E-state index >= 15 is 0 Å². The van der Waals surface area contributed by atoms with Crippen LogP contribution in [0.25, 0.3) is 0 Å². The summed E-state index contributed by atoms with van der Waals surface area (Å²) in [5.41, 5.74) is 1.56. The Labute approximate surface area is 148 Å². The minimum Gasteiger partial charge on any atom is -0.378 e. The van der Waals surface area contributed by atoms with Gasteiger partial charge in [0.2, 0.25) is 5.91 Å². The lowest BCUT2D eigenvalue weighted by Gasteiger charge is -2.13. The van der Waals surface area contributed by atoms with Crippen LogP contribution in [0, 0.1) is 0 Å². The molecule has 3 amide bonds. The van der Waals surface area contributed by atoms with E-state index in [-0.39, 0.29) is 12.5 Å². The number of nitrogens with one attached hydrogen (secondary N) is 1. The van der Waals surface area contributed by atoms with E-state index in [4.69, 9.17) is 4.74 Å². The summed E-state index contributed by atoms with van der Waals surface area (Å²) in [6.07, 6.45) is 0.577. The number of amides is 3. The maximum Gasteiger partial charge on any atom is 0.262 e. The van der Waals surface area contributed by atoms with E-state index in [0.29, 0.717) is 30.7 Å². The van der Waals surface area contributed by atoms with Gasteiger partial charge in [-0.2, -0.15) is 0 Å². The van der Waals surface area contributed by atoms with E-state index in [1.54, 1.807) is 31.4 Å². The predicted molar refractivity (Wildman–Crippen MR) is 91.3 cm³/mol. The van der Waals surface area contributed by atoms with E-state index in [9.17, 15) is 14.4 Å². The van der Waals surface area contributed by atoms with Gasteiger partial charge in [0.15, 0.2) is 0 Å². The van der Waals surface area contributed by atoms with Crippen molar-refractivity contribution in [3.8, 4) is 0 Å². The molecule has 1 aromatic carbocycles. The van der Waals surface area contributed by atoms with Crippen molar-refractivity contribution in [1.29, 1.82) is 0 Å². The molecule has 7 nitrogen and oxygen atoms in total. The largest absolute Gasteiger partial charge is 0.378 e. The molecule has 3 rings (SSSR count). The Kier molecular flexibility index (Phi) is 5.20. The molecule has 0 fully saturated rings. The van der Waals surface area contributed by atoms with Gasteiger partial charge in [-0.15, -0.1) is 11.3 Å². The number of nitrogens with zero attached hydrogens (tertiary/aromatic N) is 2. The van der Waals surface area contributed by atoms with Crippen LogP contribution in [-0.2, 0) is 22.6 Å². The molecule has 0 saturated heterocycles. The number of ether oxygens (including phenoxy) is 1. The second-order valence-electron chi connectivity index (χ2n) is 5.51. The molecule has 0 radical (unpaired) electrons. The molecule has 0 saturated carbocycles. The number of carbonyl (C=O) groups excluding carboxylic acids is 3. The Morgan fingerprint density at radius 3 is 2.56 bits per heavy atom. The Balaban J connectivity index is 1.50. The first-order valence-electron chi connectivity index (χ1n) is 7.74. The van der Waals surface area contributed by atoms with E-state index in [1.165, 1.54) is 11.3 Å². The topological polar surface area (TPSA) is 88.6 Å².